The number of alkyl halides is 3. The van der Waals surface area contributed by atoms with E-state index in [4.69, 9.17) is 0 Å². The van der Waals surface area contributed by atoms with Crippen LogP contribution in [0, 0.1) is 0 Å². The van der Waals surface area contributed by atoms with E-state index < -0.39 is 11.9 Å². The molecule has 0 spiro atoms. The molecule has 0 unspecified atom stereocenters. The van der Waals surface area contributed by atoms with E-state index in [1.807, 2.05) is 13.1 Å². The van der Waals surface area contributed by atoms with Crippen molar-refractivity contribution in [2.75, 3.05) is 17.3 Å². The largest absolute Gasteiger partial charge is 0.434 e. The molecule has 0 radical (unpaired) electrons. The Morgan fingerprint density at radius 1 is 1.24 bits per heavy atom. The molecule has 0 amide bonds. The molecule has 4 rings (SSSR count). The Hall–Kier alpha value is -2.62. The molecule has 29 heavy (non-hydrogen) atoms. The van der Waals surface area contributed by atoms with Gasteiger partial charge in [0.05, 0.1) is 28.6 Å². The molecule has 2 aromatic heterocycles. The van der Waals surface area contributed by atoms with Crippen molar-refractivity contribution in [3.05, 3.63) is 39.8 Å². The molecule has 10 heteroatoms. The summed E-state index contributed by atoms with van der Waals surface area (Å²) in [6, 6.07) is 3.89. The molecule has 2 N–H and O–H groups in total. The predicted octanol–water partition coefficient (Wildman–Crippen LogP) is 4.91. The Labute approximate surface area is 168 Å². The van der Waals surface area contributed by atoms with Crippen LogP contribution in [0.3, 0.4) is 0 Å². The monoisotopic (exact) mass is 423 g/mol. The highest BCUT2D eigenvalue weighted by atomic mass is 32.1. The number of hydrogen-bond acceptors (Lipinski definition) is 6. The number of nitrogens with zero attached hydrogens (tertiary/aromatic N) is 3. The van der Waals surface area contributed by atoms with Crippen LogP contribution < -0.4 is 15.8 Å². The zero-order chi connectivity index (χ0) is 20.6. The third kappa shape index (κ3) is 4.21. The maximum Gasteiger partial charge on any atom is 0.434 e. The van der Waals surface area contributed by atoms with Gasteiger partial charge in [0.1, 0.15) is 0 Å². The maximum absolute atomic E-state index is 12.9. The lowest BCUT2D eigenvalue weighted by molar-refractivity contribution is -0.140. The Kier molecular flexibility index (Phi) is 5.20. The van der Waals surface area contributed by atoms with Gasteiger partial charge in [-0.1, -0.05) is 19.3 Å². The number of aromatic amines is 1. The van der Waals surface area contributed by atoms with Crippen molar-refractivity contribution in [1.82, 2.24) is 15.0 Å². The lowest BCUT2D eigenvalue weighted by Crippen LogP contribution is -2.33. The summed E-state index contributed by atoms with van der Waals surface area (Å²) >= 11 is 0.888. The summed E-state index contributed by atoms with van der Waals surface area (Å²) in [5, 5.41) is 4.14. The van der Waals surface area contributed by atoms with E-state index in [0.717, 1.165) is 48.1 Å². The zero-order valence-electron chi connectivity index (χ0n) is 15.7. The van der Waals surface area contributed by atoms with Gasteiger partial charge in [-0.15, -0.1) is 11.3 Å². The molecular weight excluding hydrogens is 403 g/mol. The normalized spacial score (nSPS) is 15.6. The van der Waals surface area contributed by atoms with Crippen LogP contribution in [-0.4, -0.2) is 28.0 Å². The summed E-state index contributed by atoms with van der Waals surface area (Å²) < 4.78 is 38.7. The van der Waals surface area contributed by atoms with E-state index in [0.29, 0.717) is 22.8 Å². The average molecular weight is 423 g/mol. The summed E-state index contributed by atoms with van der Waals surface area (Å²) in [5.41, 5.74) is 1.25. The number of H-pyrrole nitrogens is 1. The van der Waals surface area contributed by atoms with Crippen LogP contribution in [0.25, 0.3) is 11.0 Å². The predicted molar refractivity (Wildman–Crippen MR) is 108 cm³/mol. The minimum Gasteiger partial charge on any atom is -0.370 e. The van der Waals surface area contributed by atoms with Gasteiger partial charge in [0.25, 0.3) is 5.56 Å². The van der Waals surface area contributed by atoms with Crippen molar-refractivity contribution in [2.45, 2.75) is 44.3 Å². The molecule has 6 nitrogen and oxygen atoms in total. The van der Waals surface area contributed by atoms with E-state index in [9.17, 15) is 18.0 Å². The van der Waals surface area contributed by atoms with E-state index in [1.165, 1.54) is 12.6 Å². The first-order chi connectivity index (χ1) is 13.8. The summed E-state index contributed by atoms with van der Waals surface area (Å²) in [6.07, 6.45) is 2.37. The van der Waals surface area contributed by atoms with Crippen LogP contribution in [0.4, 0.5) is 29.7 Å². The second-order valence-electron chi connectivity index (χ2n) is 7.20. The van der Waals surface area contributed by atoms with Gasteiger partial charge < -0.3 is 15.2 Å². The number of fused-ring (bicyclic) bond motifs is 1. The highest BCUT2D eigenvalue weighted by Crippen LogP contribution is 2.37. The first-order valence-corrected chi connectivity index (χ1v) is 10.2. The fourth-order valence-electron chi connectivity index (χ4n) is 3.71. The van der Waals surface area contributed by atoms with Crippen LogP contribution in [0.15, 0.2) is 28.5 Å². The number of rotatable bonds is 4. The SMILES string of the molecule is CN(c1cc2ncc(=O)[nH]c2cc1Nc1nc(C(F)(F)F)cs1)C1CCCCC1. The van der Waals surface area contributed by atoms with Crippen LogP contribution in [-0.2, 0) is 6.18 Å². The number of nitrogens with one attached hydrogen (secondary N) is 2. The molecule has 0 atom stereocenters. The Morgan fingerprint density at radius 3 is 2.69 bits per heavy atom. The molecule has 1 aromatic carbocycles. The Bertz CT molecular complexity index is 1070. The quantitative estimate of drug-likeness (QED) is 0.624. The molecule has 2 heterocycles. The topological polar surface area (TPSA) is 73.9 Å². The molecule has 1 fully saturated rings. The van der Waals surface area contributed by atoms with Gasteiger partial charge in [0.15, 0.2) is 10.8 Å². The zero-order valence-corrected chi connectivity index (χ0v) is 16.5. The molecule has 1 saturated carbocycles. The highest BCUT2D eigenvalue weighted by molar-refractivity contribution is 7.13. The van der Waals surface area contributed by atoms with E-state index >= 15 is 0 Å². The fourth-order valence-corrected chi connectivity index (χ4v) is 4.44. The van der Waals surface area contributed by atoms with Gasteiger partial charge in [-0.05, 0) is 25.0 Å². The van der Waals surface area contributed by atoms with Crippen molar-refractivity contribution in [3.8, 4) is 0 Å². The second-order valence-corrected chi connectivity index (χ2v) is 8.06. The molecule has 0 bridgehead atoms. The second kappa shape index (κ2) is 7.66. The standard InChI is InChI=1S/C19H20F3N5OS/c1-27(11-5-3-2-4-6-11)15-8-12-13(24-17(28)9-23-12)7-14(15)25-18-26-16(10-29-18)19(20,21)22/h7-11H,2-6H2,1H3,(H,24,28)(H,25,26). The number of halogens is 3. The van der Waals surface area contributed by atoms with E-state index in [-0.39, 0.29) is 10.7 Å². The van der Waals surface area contributed by atoms with Crippen LogP contribution in [0.1, 0.15) is 37.8 Å². The summed E-state index contributed by atoms with van der Waals surface area (Å²) in [4.78, 5) is 24.4. The number of benzene rings is 1. The van der Waals surface area contributed by atoms with Crippen molar-refractivity contribution in [3.63, 3.8) is 0 Å². The van der Waals surface area contributed by atoms with E-state index in [2.05, 4.69) is 25.2 Å². The van der Waals surface area contributed by atoms with Gasteiger partial charge in [-0.3, -0.25) is 4.79 Å². The number of anilines is 3. The van der Waals surface area contributed by atoms with Crippen molar-refractivity contribution in [1.29, 1.82) is 0 Å². The molecule has 1 aliphatic carbocycles. The molecule has 1 aliphatic rings. The molecule has 154 valence electrons. The number of hydrogen-bond donors (Lipinski definition) is 2. The first-order valence-electron chi connectivity index (χ1n) is 9.37. The van der Waals surface area contributed by atoms with Crippen molar-refractivity contribution < 1.29 is 13.2 Å². The van der Waals surface area contributed by atoms with Gasteiger partial charge in [-0.25, -0.2) is 9.97 Å². The fraction of sp³-hybridized carbons (Fsp3) is 0.421. The maximum atomic E-state index is 12.9. The molecule has 3 aromatic rings. The summed E-state index contributed by atoms with van der Waals surface area (Å²) in [7, 11) is 1.98. The van der Waals surface area contributed by atoms with Crippen LogP contribution >= 0.6 is 11.3 Å². The van der Waals surface area contributed by atoms with E-state index in [1.54, 1.807) is 6.07 Å². The number of thiazole rings is 1. The minimum atomic E-state index is -4.49. The number of aromatic nitrogens is 3. The third-order valence-corrected chi connectivity index (χ3v) is 5.99. The van der Waals surface area contributed by atoms with Crippen molar-refractivity contribution >= 4 is 38.9 Å². The van der Waals surface area contributed by atoms with Gasteiger partial charge in [0.2, 0.25) is 0 Å². The highest BCUT2D eigenvalue weighted by Gasteiger charge is 2.34. The Balaban J connectivity index is 1.75. The van der Waals surface area contributed by atoms with Crippen LogP contribution in [0.5, 0.6) is 0 Å². The molecule has 0 saturated heterocycles. The Morgan fingerprint density at radius 2 is 2.00 bits per heavy atom. The summed E-state index contributed by atoms with van der Waals surface area (Å²) in [6.45, 7) is 0. The van der Waals surface area contributed by atoms with Gasteiger partial charge >= 0.3 is 6.18 Å². The lowest BCUT2D eigenvalue weighted by atomic mass is 9.94. The van der Waals surface area contributed by atoms with Crippen LogP contribution in [0.2, 0.25) is 0 Å². The average Bonchev–Trinajstić information content (AvgIpc) is 3.16. The van der Waals surface area contributed by atoms with Crippen molar-refractivity contribution in [2.24, 2.45) is 0 Å². The lowest BCUT2D eigenvalue weighted by Gasteiger charge is -2.34. The molecular formula is C19H20F3N5OS. The minimum absolute atomic E-state index is 0.140. The smallest absolute Gasteiger partial charge is 0.370 e. The first kappa shape index (κ1) is 19.7. The van der Waals surface area contributed by atoms with Gasteiger partial charge in [0, 0.05) is 18.5 Å². The third-order valence-electron chi connectivity index (χ3n) is 5.23. The summed E-state index contributed by atoms with van der Waals surface area (Å²) in [5.74, 6) is 0. The van der Waals surface area contributed by atoms with Gasteiger partial charge in [-0.2, -0.15) is 13.2 Å². The molecule has 0 aliphatic heterocycles.